The standard InChI is InChI=1S/C25H23F2N5O/c1-18-16-20(30-14-5-12-25(26,27)17-30)8-9-21(18)31-15-11-23(33)24(29-31)22-10-13-28-32(22)19-6-3-2-4-7-19/h2-4,6-11,13,15-16H,5,12,14,17H2,1H3. The van der Waals surface area contributed by atoms with Crippen LogP contribution in [0.2, 0.25) is 0 Å². The van der Waals surface area contributed by atoms with Crippen LogP contribution in [-0.4, -0.2) is 38.6 Å². The van der Waals surface area contributed by atoms with Gasteiger partial charge >= 0.3 is 0 Å². The third-order valence-corrected chi connectivity index (χ3v) is 5.88. The van der Waals surface area contributed by atoms with Gasteiger partial charge in [-0.05, 0) is 55.3 Å². The molecule has 0 bridgehead atoms. The highest BCUT2D eigenvalue weighted by atomic mass is 19.3. The highest BCUT2D eigenvalue weighted by molar-refractivity contribution is 5.59. The van der Waals surface area contributed by atoms with Gasteiger partial charge in [-0.15, -0.1) is 0 Å². The molecule has 8 heteroatoms. The van der Waals surface area contributed by atoms with E-state index in [0.717, 1.165) is 22.6 Å². The zero-order valence-corrected chi connectivity index (χ0v) is 18.2. The summed E-state index contributed by atoms with van der Waals surface area (Å²) in [6.45, 7) is 2.25. The number of para-hydroxylation sites is 1. The second kappa shape index (κ2) is 8.27. The highest BCUT2D eigenvalue weighted by Crippen LogP contribution is 2.31. The van der Waals surface area contributed by atoms with Crippen LogP contribution in [0.25, 0.3) is 22.8 Å². The molecule has 4 aromatic rings. The Bertz CT molecular complexity index is 1350. The third kappa shape index (κ3) is 4.16. The number of hydrogen-bond donors (Lipinski definition) is 0. The lowest BCUT2D eigenvalue weighted by molar-refractivity contribution is -0.0116. The van der Waals surface area contributed by atoms with Crippen molar-refractivity contribution in [3.8, 4) is 22.8 Å². The topological polar surface area (TPSA) is 56.0 Å². The second-order valence-corrected chi connectivity index (χ2v) is 8.29. The van der Waals surface area contributed by atoms with Gasteiger partial charge in [-0.1, -0.05) is 18.2 Å². The predicted molar refractivity (Wildman–Crippen MR) is 124 cm³/mol. The smallest absolute Gasteiger partial charge is 0.265 e. The predicted octanol–water partition coefficient (Wildman–Crippen LogP) is 4.63. The molecule has 0 aliphatic carbocycles. The number of anilines is 1. The number of rotatable bonds is 4. The first-order valence-electron chi connectivity index (χ1n) is 10.8. The van der Waals surface area contributed by atoms with Gasteiger partial charge in [-0.2, -0.15) is 10.2 Å². The summed E-state index contributed by atoms with van der Waals surface area (Å²) in [5, 5.41) is 8.97. The average Bonchev–Trinajstić information content (AvgIpc) is 3.29. The van der Waals surface area contributed by atoms with Crippen LogP contribution in [-0.2, 0) is 0 Å². The lowest BCUT2D eigenvalue weighted by Crippen LogP contribution is -2.42. The molecule has 2 aromatic carbocycles. The van der Waals surface area contributed by atoms with E-state index < -0.39 is 5.92 Å². The minimum Gasteiger partial charge on any atom is -0.365 e. The van der Waals surface area contributed by atoms with E-state index >= 15 is 0 Å². The molecule has 1 saturated heterocycles. The molecule has 6 nitrogen and oxygen atoms in total. The molecule has 0 saturated carbocycles. The van der Waals surface area contributed by atoms with Gasteiger partial charge < -0.3 is 4.90 Å². The minimum absolute atomic E-state index is 0.0653. The Hall–Kier alpha value is -3.81. The number of nitrogens with zero attached hydrogens (tertiary/aromatic N) is 5. The summed E-state index contributed by atoms with van der Waals surface area (Å²) < 4.78 is 31.1. The van der Waals surface area contributed by atoms with Crippen LogP contribution in [0, 0.1) is 6.92 Å². The maximum absolute atomic E-state index is 13.9. The summed E-state index contributed by atoms with van der Waals surface area (Å²) in [4.78, 5) is 14.4. The largest absolute Gasteiger partial charge is 0.365 e. The zero-order valence-electron chi connectivity index (χ0n) is 18.2. The number of aromatic nitrogens is 4. The van der Waals surface area contributed by atoms with Gasteiger partial charge in [0, 0.05) is 30.9 Å². The molecular weight excluding hydrogens is 424 g/mol. The molecule has 1 aliphatic rings. The first-order valence-corrected chi connectivity index (χ1v) is 10.8. The van der Waals surface area contributed by atoms with Crippen molar-refractivity contribution in [1.29, 1.82) is 0 Å². The van der Waals surface area contributed by atoms with Crippen molar-refractivity contribution in [3.05, 3.63) is 88.8 Å². The number of halogens is 2. The number of aryl methyl sites for hydroxylation is 1. The highest BCUT2D eigenvalue weighted by Gasteiger charge is 2.35. The summed E-state index contributed by atoms with van der Waals surface area (Å²) in [5.41, 5.74) is 3.89. The lowest BCUT2D eigenvalue weighted by atomic mass is 10.1. The Morgan fingerprint density at radius 2 is 1.82 bits per heavy atom. The molecule has 1 aliphatic heterocycles. The first-order chi connectivity index (χ1) is 15.9. The minimum atomic E-state index is -2.66. The van der Waals surface area contributed by atoms with Gasteiger partial charge in [0.2, 0.25) is 5.43 Å². The van der Waals surface area contributed by atoms with Crippen LogP contribution >= 0.6 is 0 Å². The quantitative estimate of drug-likeness (QED) is 0.458. The molecule has 0 radical (unpaired) electrons. The van der Waals surface area contributed by atoms with E-state index in [1.54, 1.807) is 32.7 Å². The third-order valence-electron chi connectivity index (χ3n) is 5.88. The molecule has 2 aromatic heterocycles. The van der Waals surface area contributed by atoms with Crippen molar-refractivity contribution < 1.29 is 8.78 Å². The molecule has 0 amide bonds. The number of alkyl halides is 2. The van der Waals surface area contributed by atoms with Crippen molar-refractivity contribution >= 4 is 5.69 Å². The summed E-state index contributed by atoms with van der Waals surface area (Å²) in [6.07, 6.45) is 3.65. The van der Waals surface area contributed by atoms with E-state index in [9.17, 15) is 13.6 Å². The van der Waals surface area contributed by atoms with Gasteiger partial charge in [0.15, 0.2) is 5.69 Å². The molecule has 0 unspecified atom stereocenters. The Morgan fingerprint density at radius 1 is 1.00 bits per heavy atom. The van der Waals surface area contributed by atoms with E-state index in [1.165, 1.54) is 6.07 Å². The molecule has 1 fully saturated rings. The molecule has 3 heterocycles. The fraction of sp³-hybridized carbons (Fsp3) is 0.240. The maximum atomic E-state index is 13.9. The summed E-state index contributed by atoms with van der Waals surface area (Å²) >= 11 is 0. The van der Waals surface area contributed by atoms with Crippen molar-refractivity contribution in [2.45, 2.75) is 25.7 Å². The lowest BCUT2D eigenvalue weighted by Gasteiger charge is -2.34. The van der Waals surface area contributed by atoms with Crippen LogP contribution in [0.15, 0.2) is 77.9 Å². The molecule has 0 atom stereocenters. The van der Waals surface area contributed by atoms with E-state index in [2.05, 4.69) is 10.2 Å². The van der Waals surface area contributed by atoms with Crippen LogP contribution < -0.4 is 10.3 Å². The van der Waals surface area contributed by atoms with E-state index in [-0.39, 0.29) is 24.1 Å². The van der Waals surface area contributed by atoms with Crippen LogP contribution in [0.5, 0.6) is 0 Å². The van der Waals surface area contributed by atoms with Crippen LogP contribution in [0.4, 0.5) is 14.5 Å². The Morgan fingerprint density at radius 3 is 2.58 bits per heavy atom. The Kier molecular flexibility index (Phi) is 5.28. The van der Waals surface area contributed by atoms with Gasteiger partial charge in [-0.25, -0.2) is 18.1 Å². The fourth-order valence-electron chi connectivity index (χ4n) is 4.26. The number of piperidine rings is 1. The van der Waals surface area contributed by atoms with Crippen molar-refractivity contribution in [2.75, 3.05) is 18.0 Å². The van der Waals surface area contributed by atoms with E-state index in [1.807, 2.05) is 55.5 Å². The monoisotopic (exact) mass is 447 g/mol. The SMILES string of the molecule is Cc1cc(N2CCCC(F)(F)C2)ccc1-n1ccc(=O)c(-c2ccnn2-c2ccccc2)n1. The first kappa shape index (κ1) is 21.1. The molecule has 33 heavy (non-hydrogen) atoms. The van der Waals surface area contributed by atoms with Gasteiger partial charge in [-0.3, -0.25) is 4.79 Å². The van der Waals surface area contributed by atoms with Crippen LogP contribution in [0.1, 0.15) is 18.4 Å². The second-order valence-electron chi connectivity index (χ2n) is 8.29. The van der Waals surface area contributed by atoms with Gasteiger partial charge in [0.25, 0.3) is 5.92 Å². The molecule has 5 rings (SSSR count). The normalized spacial score (nSPS) is 15.5. The zero-order chi connectivity index (χ0) is 23.0. The molecule has 0 spiro atoms. The van der Waals surface area contributed by atoms with Gasteiger partial charge in [0.05, 0.1) is 29.8 Å². The Labute approximate surface area is 189 Å². The fourth-order valence-corrected chi connectivity index (χ4v) is 4.26. The van der Waals surface area contributed by atoms with Crippen molar-refractivity contribution in [2.24, 2.45) is 0 Å². The Balaban J connectivity index is 1.51. The van der Waals surface area contributed by atoms with Crippen molar-refractivity contribution in [3.63, 3.8) is 0 Å². The van der Waals surface area contributed by atoms with Crippen LogP contribution in [0.3, 0.4) is 0 Å². The van der Waals surface area contributed by atoms with E-state index in [0.29, 0.717) is 18.7 Å². The number of benzene rings is 2. The molecule has 168 valence electrons. The van der Waals surface area contributed by atoms with Crippen molar-refractivity contribution in [1.82, 2.24) is 19.6 Å². The summed E-state index contributed by atoms with van der Waals surface area (Å²) in [7, 11) is 0. The average molecular weight is 447 g/mol. The summed E-state index contributed by atoms with van der Waals surface area (Å²) in [6, 6.07) is 18.3. The maximum Gasteiger partial charge on any atom is 0.265 e. The summed E-state index contributed by atoms with van der Waals surface area (Å²) in [5.74, 6) is -2.66. The molecule has 0 N–H and O–H groups in total. The van der Waals surface area contributed by atoms with Gasteiger partial charge in [0.1, 0.15) is 0 Å². The van der Waals surface area contributed by atoms with E-state index in [4.69, 9.17) is 0 Å². The number of hydrogen-bond acceptors (Lipinski definition) is 4. The molecular formula is C25H23F2N5O.